The summed E-state index contributed by atoms with van der Waals surface area (Å²) in [5, 5.41) is 11.8. The topological polar surface area (TPSA) is 41.5 Å². The molecule has 0 radical (unpaired) electrons. The summed E-state index contributed by atoms with van der Waals surface area (Å²) in [7, 11) is 0. The van der Waals surface area contributed by atoms with Crippen molar-refractivity contribution in [2.45, 2.75) is 25.5 Å². The first-order valence-corrected chi connectivity index (χ1v) is 3.77. The summed E-state index contributed by atoms with van der Waals surface area (Å²) in [6, 6.07) is 0. The van der Waals surface area contributed by atoms with Crippen molar-refractivity contribution >= 4 is 0 Å². The SMILES string of the molecule is CC1(CCCO)NCCO1. The van der Waals surface area contributed by atoms with Gasteiger partial charge < -0.3 is 9.84 Å². The lowest BCUT2D eigenvalue weighted by molar-refractivity contribution is -0.00511. The average Bonchev–Trinajstić information content (AvgIpc) is 2.33. The number of hydrogen-bond acceptors (Lipinski definition) is 3. The van der Waals surface area contributed by atoms with E-state index in [1.54, 1.807) is 0 Å². The summed E-state index contributed by atoms with van der Waals surface area (Å²) in [5.41, 5.74) is -0.164. The number of rotatable bonds is 3. The molecular formula is C7H15NO2. The van der Waals surface area contributed by atoms with Gasteiger partial charge in [0.1, 0.15) is 5.72 Å². The number of aliphatic hydroxyl groups excluding tert-OH is 1. The van der Waals surface area contributed by atoms with Crippen LogP contribution in [0.5, 0.6) is 0 Å². The van der Waals surface area contributed by atoms with Gasteiger partial charge in [0.05, 0.1) is 6.61 Å². The Morgan fingerprint density at radius 1 is 1.70 bits per heavy atom. The van der Waals surface area contributed by atoms with E-state index in [1.807, 2.05) is 6.92 Å². The third-order valence-corrected chi connectivity index (χ3v) is 1.83. The fourth-order valence-corrected chi connectivity index (χ4v) is 1.22. The Morgan fingerprint density at radius 3 is 3.00 bits per heavy atom. The molecule has 0 saturated carbocycles. The Hall–Kier alpha value is -0.120. The van der Waals surface area contributed by atoms with E-state index in [9.17, 15) is 0 Å². The number of aliphatic hydroxyl groups is 1. The smallest absolute Gasteiger partial charge is 0.116 e. The predicted molar refractivity (Wildman–Crippen MR) is 38.7 cm³/mol. The molecule has 0 aromatic carbocycles. The van der Waals surface area contributed by atoms with Crippen LogP contribution < -0.4 is 5.32 Å². The first-order chi connectivity index (χ1) is 4.77. The Kier molecular flexibility index (Phi) is 2.65. The zero-order chi connectivity index (χ0) is 7.45. The molecule has 10 heavy (non-hydrogen) atoms. The maximum atomic E-state index is 8.56. The van der Waals surface area contributed by atoms with Gasteiger partial charge in [-0.1, -0.05) is 0 Å². The van der Waals surface area contributed by atoms with E-state index < -0.39 is 0 Å². The molecule has 1 atom stereocenters. The Bertz CT molecular complexity index is 99.8. The second-order valence-electron chi connectivity index (χ2n) is 2.83. The van der Waals surface area contributed by atoms with Crippen molar-refractivity contribution in [3.05, 3.63) is 0 Å². The van der Waals surface area contributed by atoms with Crippen LogP contribution in [0.25, 0.3) is 0 Å². The van der Waals surface area contributed by atoms with E-state index in [0.717, 1.165) is 26.0 Å². The van der Waals surface area contributed by atoms with Gasteiger partial charge in [-0.05, 0) is 19.8 Å². The average molecular weight is 145 g/mol. The summed E-state index contributed by atoms with van der Waals surface area (Å²) in [5.74, 6) is 0. The fourth-order valence-electron chi connectivity index (χ4n) is 1.22. The van der Waals surface area contributed by atoms with Crippen molar-refractivity contribution in [1.29, 1.82) is 0 Å². The van der Waals surface area contributed by atoms with Crippen LogP contribution >= 0.6 is 0 Å². The molecule has 2 N–H and O–H groups in total. The first kappa shape index (κ1) is 7.98. The number of nitrogens with one attached hydrogen (secondary N) is 1. The molecule has 3 nitrogen and oxygen atoms in total. The minimum absolute atomic E-state index is 0.164. The van der Waals surface area contributed by atoms with E-state index in [2.05, 4.69) is 5.32 Å². The monoisotopic (exact) mass is 145 g/mol. The van der Waals surface area contributed by atoms with Crippen molar-refractivity contribution in [3.63, 3.8) is 0 Å². The maximum absolute atomic E-state index is 8.56. The molecule has 1 unspecified atom stereocenters. The van der Waals surface area contributed by atoms with Gasteiger partial charge >= 0.3 is 0 Å². The standard InChI is InChI=1S/C7H15NO2/c1-7(3-2-5-9)8-4-6-10-7/h8-9H,2-6H2,1H3. The number of ether oxygens (including phenoxy) is 1. The van der Waals surface area contributed by atoms with E-state index in [0.29, 0.717) is 0 Å². The van der Waals surface area contributed by atoms with Gasteiger partial charge in [-0.15, -0.1) is 0 Å². The van der Waals surface area contributed by atoms with Gasteiger partial charge in [-0.25, -0.2) is 0 Å². The van der Waals surface area contributed by atoms with Crippen LogP contribution in [-0.2, 0) is 4.74 Å². The third kappa shape index (κ3) is 1.94. The van der Waals surface area contributed by atoms with Gasteiger partial charge in [-0.2, -0.15) is 0 Å². The highest BCUT2D eigenvalue weighted by molar-refractivity contribution is 4.76. The van der Waals surface area contributed by atoms with Crippen molar-refractivity contribution in [2.24, 2.45) is 0 Å². The lowest BCUT2D eigenvalue weighted by Gasteiger charge is -2.22. The van der Waals surface area contributed by atoms with Crippen LogP contribution in [0.1, 0.15) is 19.8 Å². The summed E-state index contributed by atoms with van der Waals surface area (Å²) in [6.07, 6.45) is 1.70. The molecule has 1 saturated heterocycles. The molecular weight excluding hydrogens is 130 g/mol. The van der Waals surface area contributed by atoms with Crippen molar-refractivity contribution in [2.75, 3.05) is 19.8 Å². The zero-order valence-electron chi connectivity index (χ0n) is 6.39. The lowest BCUT2D eigenvalue weighted by atomic mass is 10.1. The first-order valence-electron chi connectivity index (χ1n) is 3.77. The van der Waals surface area contributed by atoms with Crippen LogP contribution in [-0.4, -0.2) is 30.6 Å². The van der Waals surface area contributed by atoms with E-state index in [4.69, 9.17) is 9.84 Å². The molecule has 1 aliphatic rings. The second-order valence-corrected chi connectivity index (χ2v) is 2.83. The van der Waals surface area contributed by atoms with Crippen LogP contribution in [0.2, 0.25) is 0 Å². The van der Waals surface area contributed by atoms with E-state index >= 15 is 0 Å². The summed E-state index contributed by atoms with van der Waals surface area (Å²) in [6.45, 7) is 4.00. The maximum Gasteiger partial charge on any atom is 0.116 e. The van der Waals surface area contributed by atoms with Crippen LogP contribution in [0.15, 0.2) is 0 Å². The summed E-state index contributed by atoms with van der Waals surface area (Å²) in [4.78, 5) is 0. The van der Waals surface area contributed by atoms with Gasteiger partial charge in [0.15, 0.2) is 0 Å². The van der Waals surface area contributed by atoms with E-state index in [-0.39, 0.29) is 12.3 Å². The molecule has 60 valence electrons. The largest absolute Gasteiger partial charge is 0.396 e. The quantitative estimate of drug-likeness (QED) is 0.591. The molecule has 1 heterocycles. The Morgan fingerprint density at radius 2 is 2.50 bits per heavy atom. The molecule has 0 amide bonds. The highest BCUT2D eigenvalue weighted by Gasteiger charge is 2.27. The van der Waals surface area contributed by atoms with Gasteiger partial charge in [-0.3, -0.25) is 5.32 Å². The molecule has 0 spiro atoms. The predicted octanol–water partition coefficient (Wildman–Crippen LogP) is 0.0949. The minimum atomic E-state index is -0.164. The Labute approximate surface area is 61.4 Å². The lowest BCUT2D eigenvalue weighted by Crippen LogP contribution is -2.37. The van der Waals surface area contributed by atoms with Crippen LogP contribution in [0.3, 0.4) is 0 Å². The van der Waals surface area contributed by atoms with Crippen molar-refractivity contribution in [3.8, 4) is 0 Å². The van der Waals surface area contributed by atoms with Crippen molar-refractivity contribution < 1.29 is 9.84 Å². The van der Waals surface area contributed by atoms with Gasteiger partial charge in [0, 0.05) is 13.2 Å². The molecule has 1 aliphatic heterocycles. The van der Waals surface area contributed by atoms with Crippen molar-refractivity contribution in [1.82, 2.24) is 5.32 Å². The summed E-state index contributed by atoms with van der Waals surface area (Å²) >= 11 is 0. The normalized spacial score (nSPS) is 33.0. The molecule has 0 aliphatic carbocycles. The second kappa shape index (κ2) is 3.32. The highest BCUT2D eigenvalue weighted by atomic mass is 16.5. The van der Waals surface area contributed by atoms with E-state index in [1.165, 1.54) is 0 Å². The molecule has 0 bridgehead atoms. The molecule has 3 heteroatoms. The van der Waals surface area contributed by atoms with Crippen LogP contribution in [0, 0.1) is 0 Å². The third-order valence-electron chi connectivity index (χ3n) is 1.83. The molecule has 1 fully saturated rings. The summed E-state index contributed by atoms with van der Waals surface area (Å²) < 4.78 is 5.42. The minimum Gasteiger partial charge on any atom is -0.396 e. The highest BCUT2D eigenvalue weighted by Crippen LogP contribution is 2.17. The molecule has 0 aromatic heterocycles. The van der Waals surface area contributed by atoms with Crippen LogP contribution in [0.4, 0.5) is 0 Å². The number of hydrogen-bond donors (Lipinski definition) is 2. The van der Waals surface area contributed by atoms with Gasteiger partial charge in [0.2, 0.25) is 0 Å². The zero-order valence-corrected chi connectivity index (χ0v) is 6.39. The fraction of sp³-hybridized carbons (Fsp3) is 1.00. The molecule has 1 rings (SSSR count). The Balaban J connectivity index is 2.22. The van der Waals surface area contributed by atoms with Gasteiger partial charge in [0.25, 0.3) is 0 Å². The molecule has 0 aromatic rings.